The molecule has 1 aromatic rings. The van der Waals surface area contributed by atoms with Crippen LogP contribution >= 0.6 is 7.94 Å². The molecule has 20 heavy (non-hydrogen) atoms. The maximum absolute atomic E-state index is 13.4. The van der Waals surface area contributed by atoms with Crippen LogP contribution < -0.4 is 5.30 Å². The molecule has 0 unspecified atom stereocenters. The van der Waals surface area contributed by atoms with Crippen LogP contribution in [0.1, 0.15) is 5.56 Å². The number of rotatable bonds is 3. The van der Waals surface area contributed by atoms with Crippen molar-refractivity contribution in [2.45, 2.75) is 6.18 Å². The summed E-state index contributed by atoms with van der Waals surface area (Å²) in [6.07, 6.45) is -5.42. The average molecular weight is 326 g/mol. The fourth-order valence-electron chi connectivity index (χ4n) is 1.34. The molecule has 2 N–H and O–H groups in total. The van der Waals surface area contributed by atoms with Crippen LogP contribution in [0.15, 0.2) is 12.8 Å². The fourth-order valence-corrected chi connectivity index (χ4v) is 2.48. The third-order valence-electron chi connectivity index (χ3n) is 2.12. The number of benzene rings is 1. The minimum absolute atomic E-state index is 0.304. The van der Waals surface area contributed by atoms with Gasteiger partial charge in [-0.2, -0.15) is 0 Å². The first-order valence-electron chi connectivity index (χ1n) is 4.62. The third-order valence-corrected chi connectivity index (χ3v) is 3.71. The Morgan fingerprint density at radius 2 is 1.35 bits per heavy atom. The molecule has 0 aliphatic heterocycles. The second-order valence-corrected chi connectivity index (χ2v) is 5.35. The predicted octanol–water partition coefficient (Wildman–Crippen LogP) is 2.53. The Labute approximate surface area is 107 Å². The van der Waals surface area contributed by atoms with Gasteiger partial charge in [-0.05, 0) is 0 Å². The summed E-state index contributed by atoms with van der Waals surface area (Å²) < 4.78 is 93.9. The fraction of sp³-hybridized carbons (Fsp3) is 0.111. The van der Waals surface area contributed by atoms with Crippen molar-refractivity contribution in [3.8, 4) is 0 Å². The molecule has 0 spiro atoms. The molecule has 0 aliphatic rings. The molecule has 0 radical (unpaired) electrons. The molecule has 0 saturated carbocycles. The first-order valence-corrected chi connectivity index (χ1v) is 6.42. The van der Waals surface area contributed by atoms with Crippen molar-refractivity contribution >= 4 is 13.2 Å². The molecule has 0 bridgehead atoms. The zero-order valence-electron chi connectivity index (χ0n) is 9.23. The summed E-state index contributed by atoms with van der Waals surface area (Å²) in [5, 5.41) is -2.04. The van der Waals surface area contributed by atoms with Gasteiger partial charge in [0.2, 0.25) is 0 Å². The number of halogens is 7. The topological polar surface area (TPSA) is 49.7 Å². The Morgan fingerprint density at radius 1 is 0.950 bits per heavy atom. The molecule has 0 amide bonds. The molecule has 11 heteroatoms. The zero-order chi connectivity index (χ0) is 15.9. The molecular weight excluding hydrogens is 320 g/mol. The van der Waals surface area contributed by atoms with Crippen molar-refractivity contribution in [3.05, 3.63) is 41.7 Å². The molecule has 0 fully saturated rings. The van der Waals surface area contributed by atoms with Gasteiger partial charge in [-0.15, -0.1) is 0 Å². The monoisotopic (exact) mass is 326 g/mol. The number of hydrogen-bond donors (Lipinski definition) is 2. The van der Waals surface area contributed by atoms with Gasteiger partial charge in [0.15, 0.2) is 0 Å². The van der Waals surface area contributed by atoms with Crippen molar-refractivity contribution < 1.29 is 45.0 Å². The summed E-state index contributed by atoms with van der Waals surface area (Å²) in [5.74, 6) is -10.8. The van der Waals surface area contributed by atoms with Crippen LogP contribution in [0.4, 0.5) is 30.7 Å². The molecule has 1 rings (SSSR count). The molecule has 0 saturated heterocycles. The van der Waals surface area contributed by atoms with Crippen molar-refractivity contribution in [2.24, 2.45) is 0 Å². The molecule has 114 valence electrons. The standard InChI is InChI=1S/C9H6F7O3P/c1-2-19-20(17,18)8-6(12)4(10)3(9(14,15)16)5(11)7(8)13/h2,17-18,20H,1H2. The van der Waals surface area contributed by atoms with Gasteiger partial charge >= 0.3 is 106 Å². The first-order chi connectivity index (χ1) is 8.95. The zero-order valence-corrected chi connectivity index (χ0v) is 10.2. The van der Waals surface area contributed by atoms with E-state index < -0.39 is 48.3 Å². The van der Waals surface area contributed by atoms with Gasteiger partial charge < -0.3 is 0 Å². The predicted molar refractivity (Wildman–Crippen MR) is 54.9 cm³/mol. The summed E-state index contributed by atoms with van der Waals surface area (Å²) in [6, 6.07) is 0. The Kier molecular flexibility index (Phi) is 4.33. The SMILES string of the molecule is C=CO[PH](O)(O)c1c(F)c(F)c(C(F)(F)F)c(F)c1F. The normalized spacial score (nSPS) is 13.2. The van der Waals surface area contributed by atoms with E-state index in [-0.39, 0.29) is 0 Å². The maximum atomic E-state index is 13.4. The summed E-state index contributed by atoms with van der Waals surface area (Å²) in [5.41, 5.74) is -2.82. The van der Waals surface area contributed by atoms with E-state index in [9.17, 15) is 40.5 Å². The van der Waals surface area contributed by atoms with Gasteiger partial charge in [-0.3, -0.25) is 0 Å². The molecular formula is C9H6F7O3P. The number of hydrogen-bond acceptors (Lipinski definition) is 3. The summed E-state index contributed by atoms with van der Waals surface area (Å²) in [7, 11) is -5.53. The van der Waals surface area contributed by atoms with E-state index in [0.717, 1.165) is 0 Å². The van der Waals surface area contributed by atoms with Gasteiger partial charge in [-0.1, -0.05) is 0 Å². The Bertz CT molecular complexity index is 526. The van der Waals surface area contributed by atoms with E-state index in [0.29, 0.717) is 6.26 Å². The van der Waals surface area contributed by atoms with Crippen LogP contribution in [0.2, 0.25) is 0 Å². The molecule has 0 heterocycles. The summed E-state index contributed by atoms with van der Waals surface area (Å²) >= 11 is 0. The third kappa shape index (κ3) is 2.72. The summed E-state index contributed by atoms with van der Waals surface area (Å²) in [4.78, 5) is 18.4. The van der Waals surface area contributed by atoms with Crippen LogP contribution in [-0.4, -0.2) is 9.79 Å². The second kappa shape index (κ2) is 5.19. The van der Waals surface area contributed by atoms with Gasteiger partial charge in [0.25, 0.3) is 0 Å². The van der Waals surface area contributed by atoms with E-state index >= 15 is 0 Å². The van der Waals surface area contributed by atoms with Crippen LogP contribution in [0.25, 0.3) is 0 Å². The number of alkyl halides is 3. The van der Waals surface area contributed by atoms with E-state index in [1.165, 1.54) is 0 Å². The Morgan fingerprint density at radius 3 is 1.65 bits per heavy atom. The molecule has 1 aromatic carbocycles. The minimum atomic E-state index is -5.72. The average Bonchev–Trinajstić information content (AvgIpc) is 2.24. The quantitative estimate of drug-likeness (QED) is 0.388. The molecule has 0 aliphatic carbocycles. The summed E-state index contributed by atoms with van der Waals surface area (Å²) in [6.45, 7) is 2.81. The second-order valence-electron chi connectivity index (χ2n) is 3.40. The van der Waals surface area contributed by atoms with Gasteiger partial charge in [-0.25, -0.2) is 0 Å². The van der Waals surface area contributed by atoms with Crippen LogP contribution in [-0.2, 0) is 10.7 Å². The van der Waals surface area contributed by atoms with E-state index in [1.54, 1.807) is 0 Å². The van der Waals surface area contributed by atoms with Crippen molar-refractivity contribution in [3.63, 3.8) is 0 Å². The van der Waals surface area contributed by atoms with E-state index in [4.69, 9.17) is 0 Å². The van der Waals surface area contributed by atoms with Crippen LogP contribution in [0, 0.1) is 23.3 Å². The van der Waals surface area contributed by atoms with Crippen molar-refractivity contribution in [2.75, 3.05) is 0 Å². The van der Waals surface area contributed by atoms with Crippen LogP contribution in [0.3, 0.4) is 0 Å². The molecule has 3 nitrogen and oxygen atoms in total. The Hall–Kier alpha value is -1.38. The first kappa shape index (κ1) is 16.7. The van der Waals surface area contributed by atoms with Gasteiger partial charge in [0.05, 0.1) is 0 Å². The van der Waals surface area contributed by atoms with Gasteiger partial charge in [0, 0.05) is 0 Å². The molecule has 0 atom stereocenters. The van der Waals surface area contributed by atoms with E-state index in [1.807, 2.05) is 0 Å². The molecule has 0 aromatic heterocycles. The van der Waals surface area contributed by atoms with Gasteiger partial charge in [0.1, 0.15) is 0 Å². The van der Waals surface area contributed by atoms with Crippen LogP contribution in [0.5, 0.6) is 0 Å². The van der Waals surface area contributed by atoms with E-state index in [2.05, 4.69) is 11.1 Å². The Balaban J connectivity index is 3.74. The van der Waals surface area contributed by atoms with Crippen molar-refractivity contribution in [1.29, 1.82) is 0 Å². The van der Waals surface area contributed by atoms with Crippen molar-refractivity contribution in [1.82, 2.24) is 0 Å².